The summed E-state index contributed by atoms with van der Waals surface area (Å²) in [6.45, 7) is 1.77. The molecule has 1 aromatic carbocycles. The van der Waals surface area contributed by atoms with Gasteiger partial charge in [-0.25, -0.2) is 14.4 Å². The third kappa shape index (κ3) is 2.68. The van der Waals surface area contributed by atoms with Gasteiger partial charge in [0.15, 0.2) is 5.82 Å². The lowest BCUT2D eigenvalue weighted by Gasteiger charge is -2.09. The highest BCUT2D eigenvalue weighted by atomic mass is 79.9. The number of rotatable bonds is 3. The number of nitrogens with two attached hydrogens (primary N) is 1. The topological polar surface area (TPSA) is 94.9 Å². The van der Waals surface area contributed by atoms with Gasteiger partial charge in [-0.15, -0.1) is 0 Å². The Balaban J connectivity index is 2.75. The number of nitro groups is 1. The first-order valence-corrected chi connectivity index (χ1v) is 6.60. The summed E-state index contributed by atoms with van der Waals surface area (Å²) in [5.41, 5.74) is 4.58. The van der Waals surface area contributed by atoms with Gasteiger partial charge in [0, 0.05) is 6.07 Å². The first-order valence-electron chi connectivity index (χ1n) is 5.81. The average molecular weight is 359 g/mol. The molecule has 0 unspecified atom stereocenters. The summed E-state index contributed by atoms with van der Waals surface area (Å²) in [5.74, 6) is -2.65. The Kier molecular flexibility index (Phi) is 4.12. The van der Waals surface area contributed by atoms with Crippen LogP contribution in [0, 0.1) is 21.7 Å². The molecule has 0 fully saturated rings. The molecule has 0 saturated carbocycles. The van der Waals surface area contributed by atoms with E-state index in [0.717, 1.165) is 12.1 Å². The van der Waals surface area contributed by atoms with Crippen molar-refractivity contribution < 1.29 is 13.7 Å². The van der Waals surface area contributed by atoms with E-state index in [0.29, 0.717) is 16.6 Å². The van der Waals surface area contributed by atoms with E-state index in [1.807, 2.05) is 0 Å². The van der Waals surface area contributed by atoms with Crippen LogP contribution < -0.4 is 5.73 Å². The molecule has 0 spiro atoms. The number of anilines is 1. The fourth-order valence-electron chi connectivity index (χ4n) is 1.75. The van der Waals surface area contributed by atoms with E-state index < -0.39 is 27.8 Å². The van der Waals surface area contributed by atoms with Crippen molar-refractivity contribution in [2.75, 3.05) is 5.73 Å². The molecule has 0 radical (unpaired) electrons. The number of nitrogens with zero attached hydrogens (tertiary/aromatic N) is 3. The van der Waals surface area contributed by atoms with Gasteiger partial charge in [-0.3, -0.25) is 10.1 Å². The van der Waals surface area contributed by atoms with Gasteiger partial charge in [0.25, 0.3) is 0 Å². The summed E-state index contributed by atoms with van der Waals surface area (Å²) >= 11 is 3.18. The second kappa shape index (κ2) is 5.68. The van der Waals surface area contributed by atoms with Gasteiger partial charge in [0.05, 0.1) is 20.7 Å². The minimum Gasteiger partial charge on any atom is -0.383 e. The number of halogens is 3. The normalized spacial score (nSPS) is 10.7. The maximum absolute atomic E-state index is 14.1. The molecular formula is C12H9BrF2N4O2. The predicted octanol–water partition coefficient (Wildman–Crippen LogP) is 3.24. The van der Waals surface area contributed by atoms with Crippen molar-refractivity contribution in [3.8, 4) is 11.4 Å². The molecule has 0 aliphatic rings. The second-order valence-corrected chi connectivity index (χ2v) is 4.85. The van der Waals surface area contributed by atoms with E-state index in [1.165, 1.54) is 0 Å². The van der Waals surface area contributed by atoms with Crippen LogP contribution in [0.15, 0.2) is 16.6 Å². The Bertz CT molecular complexity index is 740. The zero-order valence-electron chi connectivity index (χ0n) is 10.7. The quantitative estimate of drug-likeness (QED) is 0.671. The summed E-state index contributed by atoms with van der Waals surface area (Å²) in [7, 11) is 0. The van der Waals surface area contributed by atoms with E-state index in [4.69, 9.17) is 5.73 Å². The molecule has 9 heteroatoms. The number of benzene rings is 1. The van der Waals surface area contributed by atoms with Crippen molar-refractivity contribution in [3.63, 3.8) is 0 Å². The highest BCUT2D eigenvalue weighted by Crippen LogP contribution is 2.32. The molecule has 0 amide bonds. The van der Waals surface area contributed by atoms with Crippen molar-refractivity contribution in [3.05, 3.63) is 44.0 Å². The van der Waals surface area contributed by atoms with Crippen molar-refractivity contribution >= 4 is 27.4 Å². The lowest BCUT2D eigenvalue weighted by atomic mass is 10.1. The van der Waals surface area contributed by atoms with Crippen LogP contribution in [-0.2, 0) is 6.42 Å². The van der Waals surface area contributed by atoms with Gasteiger partial charge in [-0.2, -0.15) is 4.39 Å². The van der Waals surface area contributed by atoms with Crippen LogP contribution in [0.3, 0.4) is 0 Å². The van der Waals surface area contributed by atoms with Crippen LogP contribution in [0.1, 0.15) is 12.6 Å². The van der Waals surface area contributed by atoms with Crippen LogP contribution in [0.25, 0.3) is 11.4 Å². The summed E-state index contributed by atoms with van der Waals surface area (Å²) in [6.07, 6.45) is 0.443. The molecule has 0 atom stereocenters. The van der Waals surface area contributed by atoms with Crippen LogP contribution in [-0.4, -0.2) is 14.9 Å². The van der Waals surface area contributed by atoms with E-state index >= 15 is 0 Å². The Morgan fingerprint density at radius 1 is 1.38 bits per heavy atom. The number of hydrogen-bond acceptors (Lipinski definition) is 5. The van der Waals surface area contributed by atoms with Gasteiger partial charge in [0.2, 0.25) is 5.82 Å². The third-order valence-electron chi connectivity index (χ3n) is 2.77. The fraction of sp³-hybridized carbons (Fsp3) is 0.167. The third-order valence-corrected chi connectivity index (χ3v) is 3.64. The minimum absolute atomic E-state index is 0.00200. The van der Waals surface area contributed by atoms with Gasteiger partial charge in [-0.05, 0) is 28.4 Å². The molecule has 1 heterocycles. The van der Waals surface area contributed by atoms with Gasteiger partial charge in [0.1, 0.15) is 11.6 Å². The van der Waals surface area contributed by atoms with Crippen LogP contribution in [0.5, 0.6) is 0 Å². The lowest BCUT2D eigenvalue weighted by Crippen LogP contribution is -2.05. The molecule has 0 saturated heterocycles. The fourth-order valence-corrected chi connectivity index (χ4v) is 2.20. The molecule has 2 rings (SSSR count). The maximum atomic E-state index is 14.1. The maximum Gasteiger partial charge on any atom is 0.305 e. The van der Waals surface area contributed by atoms with Crippen LogP contribution in [0.4, 0.5) is 20.3 Å². The number of nitrogen functional groups attached to an aromatic ring is 1. The van der Waals surface area contributed by atoms with Crippen molar-refractivity contribution in [1.29, 1.82) is 0 Å². The molecule has 1 aromatic heterocycles. The SMILES string of the molecule is CCc1nc(-c2c(F)ccc([N+](=O)[O-])c2F)nc(N)c1Br. The zero-order chi connectivity index (χ0) is 15.7. The summed E-state index contributed by atoms with van der Waals surface area (Å²) < 4.78 is 28.4. The monoisotopic (exact) mass is 358 g/mol. The highest BCUT2D eigenvalue weighted by Gasteiger charge is 2.25. The summed E-state index contributed by atoms with van der Waals surface area (Å²) in [4.78, 5) is 17.6. The number of hydrogen-bond donors (Lipinski definition) is 1. The highest BCUT2D eigenvalue weighted by molar-refractivity contribution is 9.10. The second-order valence-electron chi connectivity index (χ2n) is 4.06. The number of aryl methyl sites for hydroxylation is 1. The molecule has 2 N–H and O–H groups in total. The molecule has 2 aromatic rings. The van der Waals surface area contributed by atoms with Crippen molar-refractivity contribution in [1.82, 2.24) is 9.97 Å². The lowest BCUT2D eigenvalue weighted by molar-refractivity contribution is -0.387. The van der Waals surface area contributed by atoms with Crippen molar-refractivity contribution in [2.45, 2.75) is 13.3 Å². The van der Waals surface area contributed by atoms with Gasteiger partial charge in [-0.1, -0.05) is 6.92 Å². The summed E-state index contributed by atoms with van der Waals surface area (Å²) in [6, 6.07) is 1.54. The van der Waals surface area contributed by atoms with E-state index in [1.54, 1.807) is 6.92 Å². The standard InChI is InChI=1S/C12H9BrF2N4O2/c1-2-6-9(13)11(16)18-12(17-6)8-5(14)3-4-7(10(8)15)19(20)21/h3-4H,2H2,1H3,(H2,16,17,18). The molecule has 0 aliphatic carbocycles. The molecular weight excluding hydrogens is 350 g/mol. The Morgan fingerprint density at radius 2 is 2.05 bits per heavy atom. The largest absolute Gasteiger partial charge is 0.383 e. The Morgan fingerprint density at radius 3 is 2.62 bits per heavy atom. The molecule has 0 bridgehead atoms. The zero-order valence-corrected chi connectivity index (χ0v) is 12.3. The number of aromatic nitrogens is 2. The van der Waals surface area contributed by atoms with Crippen LogP contribution in [0.2, 0.25) is 0 Å². The molecule has 0 aliphatic heterocycles. The van der Waals surface area contributed by atoms with E-state index in [9.17, 15) is 18.9 Å². The van der Waals surface area contributed by atoms with E-state index in [2.05, 4.69) is 25.9 Å². The first kappa shape index (κ1) is 15.2. The number of nitro benzene ring substituents is 1. The molecule has 6 nitrogen and oxygen atoms in total. The van der Waals surface area contributed by atoms with Crippen molar-refractivity contribution in [2.24, 2.45) is 0 Å². The minimum atomic E-state index is -1.33. The van der Waals surface area contributed by atoms with Gasteiger partial charge >= 0.3 is 5.69 Å². The smallest absolute Gasteiger partial charge is 0.305 e. The molecule has 21 heavy (non-hydrogen) atoms. The van der Waals surface area contributed by atoms with Gasteiger partial charge < -0.3 is 5.73 Å². The summed E-state index contributed by atoms with van der Waals surface area (Å²) in [5, 5.41) is 10.7. The van der Waals surface area contributed by atoms with E-state index in [-0.39, 0.29) is 11.6 Å². The van der Waals surface area contributed by atoms with Crippen LogP contribution >= 0.6 is 15.9 Å². The molecule has 110 valence electrons. The average Bonchev–Trinajstić information content (AvgIpc) is 2.42. The Hall–Kier alpha value is -2.16. The Labute approximate surface area is 126 Å². The predicted molar refractivity (Wildman–Crippen MR) is 75.5 cm³/mol. The first-order chi connectivity index (χ1) is 9.86.